The number of halogens is 1. The number of hydroxylamine groups is 2. The van der Waals surface area contributed by atoms with E-state index in [0.29, 0.717) is 5.02 Å². The Balaban J connectivity index is 2.11. The fourth-order valence-corrected chi connectivity index (χ4v) is 2.79. The van der Waals surface area contributed by atoms with Gasteiger partial charge in [-0.05, 0) is 19.1 Å². The lowest BCUT2D eigenvalue weighted by atomic mass is 9.93. The molecule has 122 valence electrons. The third kappa shape index (κ3) is 2.61. The molecule has 2 aliphatic heterocycles. The Hall–Kier alpha value is -1.93. The molecule has 0 bridgehead atoms. The highest BCUT2D eigenvalue weighted by atomic mass is 35.5. The van der Waals surface area contributed by atoms with Gasteiger partial charge in [-0.15, -0.1) is 0 Å². The highest BCUT2D eigenvalue weighted by Crippen LogP contribution is 2.43. The molecule has 2 heterocycles. The van der Waals surface area contributed by atoms with Gasteiger partial charge in [0.25, 0.3) is 11.5 Å². The largest absolute Gasteiger partial charge is 0.431 e. The number of carbonyl (C=O) groups excluding carboxylic acids is 2. The SMILES string of the molecule is CC12OC(=O)/C=C/C(=O)ON1CCOC2(O)c1cccc(Cl)c1. The molecule has 1 saturated heterocycles. The zero-order chi connectivity index (χ0) is 16.7. The lowest BCUT2D eigenvalue weighted by Crippen LogP contribution is -2.68. The number of esters is 1. The van der Waals surface area contributed by atoms with E-state index in [1.807, 2.05) is 0 Å². The highest BCUT2D eigenvalue weighted by molar-refractivity contribution is 6.30. The molecular weight excluding hydrogens is 326 g/mol. The monoisotopic (exact) mass is 339 g/mol. The normalized spacial score (nSPS) is 33.0. The summed E-state index contributed by atoms with van der Waals surface area (Å²) in [4.78, 5) is 28.7. The molecule has 8 heteroatoms. The molecule has 0 aromatic heterocycles. The van der Waals surface area contributed by atoms with Gasteiger partial charge in [0.15, 0.2) is 0 Å². The first kappa shape index (κ1) is 15.9. The number of hydrogen-bond donors (Lipinski definition) is 1. The van der Waals surface area contributed by atoms with Gasteiger partial charge >= 0.3 is 11.9 Å². The molecule has 0 radical (unpaired) electrons. The Morgan fingerprint density at radius 1 is 1.26 bits per heavy atom. The van der Waals surface area contributed by atoms with Crippen LogP contribution in [0.25, 0.3) is 0 Å². The van der Waals surface area contributed by atoms with Gasteiger partial charge in [-0.1, -0.05) is 28.8 Å². The summed E-state index contributed by atoms with van der Waals surface area (Å²) in [6.45, 7) is 1.57. The van der Waals surface area contributed by atoms with E-state index in [2.05, 4.69) is 0 Å². The van der Waals surface area contributed by atoms with Crippen molar-refractivity contribution >= 4 is 23.5 Å². The van der Waals surface area contributed by atoms with Crippen molar-refractivity contribution in [3.8, 4) is 0 Å². The Morgan fingerprint density at radius 2 is 2.00 bits per heavy atom. The molecule has 0 spiro atoms. The van der Waals surface area contributed by atoms with Crippen LogP contribution in [0, 0.1) is 0 Å². The Labute approximate surface area is 136 Å². The second-order valence-electron chi connectivity index (χ2n) is 5.25. The maximum atomic E-state index is 11.9. The van der Waals surface area contributed by atoms with Crippen molar-refractivity contribution < 1.29 is 29.0 Å². The van der Waals surface area contributed by atoms with E-state index >= 15 is 0 Å². The van der Waals surface area contributed by atoms with Crippen LogP contribution >= 0.6 is 11.6 Å². The fraction of sp³-hybridized carbons (Fsp3) is 0.333. The molecule has 0 aliphatic carbocycles. The Kier molecular flexibility index (Phi) is 3.89. The molecule has 0 amide bonds. The molecule has 7 nitrogen and oxygen atoms in total. The number of carbonyl (C=O) groups is 2. The zero-order valence-corrected chi connectivity index (χ0v) is 12.9. The van der Waals surface area contributed by atoms with Gasteiger partial charge in [0.2, 0.25) is 0 Å². The molecule has 0 saturated carbocycles. The van der Waals surface area contributed by atoms with E-state index < -0.39 is 23.5 Å². The lowest BCUT2D eigenvalue weighted by molar-refractivity contribution is -0.425. The summed E-state index contributed by atoms with van der Waals surface area (Å²) < 4.78 is 10.9. The number of aliphatic hydroxyl groups is 1. The van der Waals surface area contributed by atoms with Crippen LogP contribution in [-0.4, -0.2) is 41.0 Å². The van der Waals surface area contributed by atoms with Gasteiger partial charge in [0.1, 0.15) is 0 Å². The highest BCUT2D eigenvalue weighted by Gasteiger charge is 2.61. The van der Waals surface area contributed by atoms with Gasteiger partial charge in [-0.2, -0.15) is 0 Å². The Morgan fingerprint density at radius 3 is 2.74 bits per heavy atom. The van der Waals surface area contributed by atoms with Crippen LogP contribution in [0.5, 0.6) is 0 Å². The topological polar surface area (TPSA) is 85.3 Å². The Bertz CT molecular complexity index is 692. The summed E-state index contributed by atoms with van der Waals surface area (Å²) in [6, 6.07) is 6.31. The number of fused-ring (bicyclic) bond motifs is 1. The molecule has 2 unspecified atom stereocenters. The smallest absolute Gasteiger partial charge is 0.350 e. The maximum absolute atomic E-state index is 11.9. The molecule has 1 fully saturated rings. The molecule has 1 aromatic carbocycles. The minimum absolute atomic E-state index is 0.0488. The van der Waals surface area contributed by atoms with Crippen molar-refractivity contribution in [2.75, 3.05) is 13.2 Å². The van der Waals surface area contributed by atoms with Gasteiger partial charge in [-0.25, -0.2) is 9.59 Å². The molecule has 23 heavy (non-hydrogen) atoms. The summed E-state index contributed by atoms with van der Waals surface area (Å²) in [5.41, 5.74) is -1.52. The first-order chi connectivity index (χ1) is 10.8. The van der Waals surface area contributed by atoms with E-state index in [9.17, 15) is 14.7 Å². The van der Waals surface area contributed by atoms with Crippen LogP contribution in [-0.2, 0) is 29.7 Å². The van der Waals surface area contributed by atoms with Crippen LogP contribution < -0.4 is 0 Å². The third-order valence-electron chi connectivity index (χ3n) is 3.78. The van der Waals surface area contributed by atoms with Gasteiger partial charge in [0, 0.05) is 22.7 Å². The number of nitrogens with zero attached hydrogens (tertiary/aromatic N) is 1. The second-order valence-corrected chi connectivity index (χ2v) is 5.69. The quantitative estimate of drug-likeness (QED) is 0.767. The number of morpholine rings is 1. The van der Waals surface area contributed by atoms with E-state index in [-0.39, 0.29) is 18.7 Å². The van der Waals surface area contributed by atoms with Gasteiger partial charge in [-0.3, -0.25) is 0 Å². The summed E-state index contributed by atoms with van der Waals surface area (Å²) in [5, 5.41) is 12.6. The summed E-state index contributed by atoms with van der Waals surface area (Å²) >= 11 is 5.97. The second kappa shape index (κ2) is 5.61. The van der Waals surface area contributed by atoms with Crippen molar-refractivity contribution in [3.63, 3.8) is 0 Å². The van der Waals surface area contributed by atoms with Gasteiger partial charge < -0.3 is 19.4 Å². The summed E-state index contributed by atoms with van der Waals surface area (Å²) in [5.74, 6) is -3.62. The van der Waals surface area contributed by atoms with Crippen LogP contribution in [0.2, 0.25) is 5.02 Å². The molecule has 3 rings (SSSR count). The van der Waals surface area contributed by atoms with Crippen molar-refractivity contribution in [2.45, 2.75) is 18.4 Å². The van der Waals surface area contributed by atoms with Crippen molar-refractivity contribution in [1.29, 1.82) is 0 Å². The minimum atomic E-state index is -2.07. The molecule has 1 aromatic rings. The third-order valence-corrected chi connectivity index (χ3v) is 4.02. The van der Waals surface area contributed by atoms with Crippen LogP contribution in [0.3, 0.4) is 0 Å². The standard InChI is InChI=1S/C15H14ClNO6/c1-14-15(20,10-3-2-4-11(16)9-10)21-8-7-17(14)23-13(19)6-5-12(18)22-14/h2-6,9,20H,7-8H2,1H3/b6-5+. The van der Waals surface area contributed by atoms with Crippen molar-refractivity contribution in [2.24, 2.45) is 0 Å². The average molecular weight is 340 g/mol. The average Bonchev–Trinajstić information content (AvgIpc) is 2.49. The predicted molar refractivity (Wildman–Crippen MR) is 77.7 cm³/mol. The minimum Gasteiger partial charge on any atom is -0.431 e. The number of rotatable bonds is 1. The number of hydrogen-bond acceptors (Lipinski definition) is 7. The zero-order valence-electron chi connectivity index (χ0n) is 12.2. The van der Waals surface area contributed by atoms with Crippen LogP contribution in [0.1, 0.15) is 12.5 Å². The van der Waals surface area contributed by atoms with Gasteiger partial charge in [0.05, 0.1) is 13.2 Å². The van der Waals surface area contributed by atoms with E-state index in [4.69, 9.17) is 25.9 Å². The fourth-order valence-electron chi connectivity index (χ4n) is 2.60. The molecule has 2 aliphatic rings. The molecule has 2 atom stereocenters. The first-order valence-corrected chi connectivity index (χ1v) is 7.26. The lowest BCUT2D eigenvalue weighted by Gasteiger charge is -2.51. The number of benzene rings is 1. The maximum Gasteiger partial charge on any atom is 0.350 e. The first-order valence-electron chi connectivity index (χ1n) is 6.88. The van der Waals surface area contributed by atoms with E-state index in [0.717, 1.165) is 17.2 Å². The van der Waals surface area contributed by atoms with Crippen LogP contribution in [0.4, 0.5) is 0 Å². The molecular formula is C15H14ClNO6. The van der Waals surface area contributed by atoms with Crippen molar-refractivity contribution in [3.05, 3.63) is 47.0 Å². The number of ether oxygens (including phenoxy) is 2. The molecule has 1 N–H and O–H groups in total. The van der Waals surface area contributed by atoms with E-state index in [1.165, 1.54) is 13.0 Å². The summed E-state index contributed by atoms with van der Waals surface area (Å²) in [7, 11) is 0. The van der Waals surface area contributed by atoms with E-state index in [1.54, 1.807) is 18.2 Å². The predicted octanol–water partition coefficient (Wildman–Crippen LogP) is 1.10. The van der Waals surface area contributed by atoms with Crippen molar-refractivity contribution in [1.82, 2.24) is 5.06 Å². The van der Waals surface area contributed by atoms with Crippen LogP contribution in [0.15, 0.2) is 36.4 Å². The summed E-state index contributed by atoms with van der Waals surface area (Å²) in [6.07, 6.45) is 1.88.